The molecule has 0 aliphatic rings. The number of fused-ring (bicyclic) bond motifs is 1. The van der Waals surface area contributed by atoms with E-state index in [2.05, 4.69) is 11.1 Å². The SMILES string of the molecule is Cc1cnc2cc[c]cn12. The third-order valence-corrected chi connectivity index (χ3v) is 1.54. The van der Waals surface area contributed by atoms with Gasteiger partial charge in [0.1, 0.15) is 5.65 Å². The lowest BCUT2D eigenvalue weighted by molar-refractivity contribution is 1.11. The molecule has 0 saturated carbocycles. The lowest BCUT2D eigenvalue weighted by Crippen LogP contribution is -1.83. The first-order chi connectivity index (χ1) is 4.88. The molecule has 0 atom stereocenters. The van der Waals surface area contributed by atoms with Gasteiger partial charge in [0.2, 0.25) is 0 Å². The molecular weight excluding hydrogens is 124 g/mol. The Kier molecular flexibility index (Phi) is 1.01. The molecule has 1 radical (unpaired) electrons. The molecule has 2 nitrogen and oxygen atoms in total. The highest BCUT2D eigenvalue weighted by molar-refractivity contribution is 5.38. The maximum absolute atomic E-state index is 4.16. The summed E-state index contributed by atoms with van der Waals surface area (Å²) in [5.74, 6) is 0. The van der Waals surface area contributed by atoms with Crippen LogP contribution in [-0.2, 0) is 0 Å². The number of nitrogens with zero attached hydrogens (tertiary/aromatic N) is 2. The van der Waals surface area contributed by atoms with Crippen LogP contribution < -0.4 is 0 Å². The minimum absolute atomic E-state index is 0.983. The number of aryl methyl sites for hydroxylation is 1. The van der Waals surface area contributed by atoms with Crippen molar-refractivity contribution in [2.45, 2.75) is 6.92 Å². The summed E-state index contributed by atoms with van der Waals surface area (Å²) < 4.78 is 2.00. The molecule has 0 saturated heterocycles. The second-order valence-corrected chi connectivity index (χ2v) is 2.26. The van der Waals surface area contributed by atoms with Crippen LogP contribution in [0.3, 0.4) is 0 Å². The van der Waals surface area contributed by atoms with Crippen molar-refractivity contribution in [1.29, 1.82) is 0 Å². The summed E-state index contributed by atoms with van der Waals surface area (Å²) in [4.78, 5) is 4.16. The predicted octanol–water partition coefficient (Wildman–Crippen LogP) is 1.44. The number of rotatable bonds is 0. The second kappa shape index (κ2) is 1.84. The minimum Gasteiger partial charge on any atom is -0.304 e. The van der Waals surface area contributed by atoms with Gasteiger partial charge in [-0.15, -0.1) is 0 Å². The molecule has 0 aromatic carbocycles. The fourth-order valence-corrected chi connectivity index (χ4v) is 0.996. The van der Waals surface area contributed by atoms with E-state index in [-0.39, 0.29) is 0 Å². The third-order valence-electron chi connectivity index (χ3n) is 1.54. The zero-order valence-corrected chi connectivity index (χ0v) is 5.70. The summed E-state index contributed by atoms with van der Waals surface area (Å²) in [7, 11) is 0. The fraction of sp³-hybridized carbons (Fsp3) is 0.125. The smallest absolute Gasteiger partial charge is 0.136 e. The van der Waals surface area contributed by atoms with Gasteiger partial charge in [-0.3, -0.25) is 0 Å². The number of hydrogen-bond acceptors (Lipinski definition) is 1. The van der Waals surface area contributed by atoms with Gasteiger partial charge in [0, 0.05) is 18.1 Å². The zero-order chi connectivity index (χ0) is 6.97. The van der Waals surface area contributed by atoms with Crippen molar-refractivity contribution in [3.63, 3.8) is 0 Å². The Morgan fingerprint density at radius 3 is 3.30 bits per heavy atom. The fourth-order valence-electron chi connectivity index (χ4n) is 0.996. The molecule has 2 heteroatoms. The molecular formula is C8H7N2. The van der Waals surface area contributed by atoms with Crippen LogP contribution in [0.5, 0.6) is 0 Å². The second-order valence-electron chi connectivity index (χ2n) is 2.26. The molecule has 49 valence electrons. The Morgan fingerprint density at radius 2 is 2.50 bits per heavy atom. The van der Waals surface area contributed by atoms with Gasteiger partial charge in [0.15, 0.2) is 0 Å². The van der Waals surface area contributed by atoms with Crippen LogP contribution in [0.15, 0.2) is 24.5 Å². The molecule has 2 aromatic rings. The average molecular weight is 131 g/mol. The van der Waals surface area contributed by atoms with Crippen LogP contribution in [0, 0.1) is 13.0 Å². The van der Waals surface area contributed by atoms with E-state index >= 15 is 0 Å². The van der Waals surface area contributed by atoms with E-state index in [4.69, 9.17) is 0 Å². The van der Waals surface area contributed by atoms with Gasteiger partial charge >= 0.3 is 0 Å². The topological polar surface area (TPSA) is 17.3 Å². The van der Waals surface area contributed by atoms with Gasteiger partial charge in [-0.2, -0.15) is 0 Å². The van der Waals surface area contributed by atoms with Gasteiger partial charge in [-0.05, 0) is 25.1 Å². The Morgan fingerprint density at radius 1 is 1.60 bits per heavy atom. The van der Waals surface area contributed by atoms with Crippen LogP contribution >= 0.6 is 0 Å². The molecule has 10 heavy (non-hydrogen) atoms. The van der Waals surface area contributed by atoms with E-state index in [0.29, 0.717) is 0 Å². The van der Waals surface area contributed by atoms with E-state index in [1.165, 1.54) is 0 Å². The molecule has 0 aliphatic heterocycles. The highest BCUT2D eigenvalue weighted by Gasteiger charge is 1.93. The van der Waals surface area contributed by atoms with Crippen LogP contribution in [0.4, 0.5) is 0 Å². The molecule has 2 aromatic heterocycles. The molecule has 0 fully saturated rings. The first-order valence-corrected chi connectivity index (χ1v) is 3.18. The summed E-state index contributed by atoms with van der Waals surface area (Å²) in [6.45, 7) is 2.02. The molecule has 0 bridgehead atoms. The lowest BCUT2D eigenvalue weighted by atomic mass is 10.4. The largest absolute Gasteiger partial charge is 0.304 e. The number of hydrogen-bond donors (Lipinski definition) is 0. The summed E-state index contributed by atoms with van der Waals surface area (Å²) >= 11 is 0. The summed E-state index contributed by atoms with van der Waals surface area (Å²) in [6, 6.07) is 6.79. The molecule has 0 unspecified atom stereocenters. The van der Waals surface area contributed by atoms with E-state index in [1.54, 1.807) is 0 Å². The van der Waals surface area contributed by atoms with Gasteiger partial charge < -0.3 is 4.40 Å². The zero-order valence-electron chi connectivity index (χ0n) is 5.70. The van der Waals surface area contributed by atoms with Crippen LogP contribution in [0.2, 0.25) is 0 Å². The monoisotopic (exact) mass is 131 g/mol. The predicted molar refractivity (Wildman–Crippen MR) is 38.8 cm³/mol. The summed E-state index contributed by atoms with van der Waals surface area (Å²) in [5, 5.41) is 0. The first-order valence-electron chi connectivity index (χ1n) is 3.18. The highest BCUT2D eigenvalue weighted by atomic mass is 15.0. The standard InChI is InChI=1S/C8H7N2/c1-7-6-9-8-4-2-3-5-10(7)8/h2,4-6H,1H3. The van der Waals surface area contributed by atoms with E-state index in [9.17, 15) is 0 Å². The van der Waals surface area contributed by atoms with Gasteiger partial charge in [-0.1, -0.05) is 0 Å². The maximum Gasteiger partial charge on any atom is 0.136 e. The summed E-state index contributed by atoms with van der Waals surface area (Å²) in [6.07, 6.45) is 3.74. The van der Waals surface area contributed by atoms with Crippen molar-refractivity contribution < 1.29 is 0 Å². The molecule has 0 amide bonds. The number of aromatic nitrogens is 2. The van der Waals surface area contributed by atoms with Gasteiger partial charge in [-0.25, -0.2) is 4.98 Å². The first kappa shape index (κ1) is 5.47. The molecule has 0 N–H and O–H groups in total. The van der Waals surface area contributed by atoms with Crippen molar-refractivity contribution in [3.8, 4) is 0 Å². The van der Waals surface area contributed by atoms with Crippen molar-refractivity contribution in [2.75, 3.05) is 0 Å². The Bertz CT molecular complexity index is 349. The number of imidazole rings is 1. The van der Waals surface area contributed by atoms with Crippen molar-refractivity contribution >= 4 is 5.65 Å². The molecule has 0 aliphatic carbocycles. The van der Waals surface area contributed by atoms with Crippen molar-refractivity contribution in [2.24, 2.45) is 0 Å². The Balaban J connectivity index is 2.93. The lowest BCUT2D eigenvalue weighted by Gasteiger charge is -1.91. The Hall–Kier alpha value is -1.31. The van der Waals surface area contributed by atoms with Crippen molar-refractivity contribution in [1.82, 2.24) is 9.38 Å². The molecule has 2 heterocycles. The Labute approximate surface area is 59.1 Å². The quantitative estimate of drug-likeness (QED) is 0.529. The van der Waals surface area contributed by atoms with Crippen molar-refractivity contribution in [3.05, 3.63) is 36.3 Å². The van der Waals surface area contributed by atoms with Gasteiger partial charge in [0.25, 0.3) is 0 Å². The average Bonchev–Trinajstić information content (AvgIpc) is 2.34. The third kappa shape index (κ3) is 0.620. The maximum atomic E-state index is 4.16. The number of pyridine rings is 1. The summed E-state index contributed by atoms with van der Waals surface area (Å²) in [5.41, 5.74) is 2.13. The van der Waals surface area contributed by atoms with E-state index < -0.39 is 0 Å². The normalized spacial score (nSPS) is 10.5. The minimum atomic E-state index is 0.983. The van der Waals surface area contributed by atoms with E-state index in [0.717, 1.165) is 11.3 Å². The highest BCUT2D eigenvalue weighted by Crippen LogP contribution is 2.02. The molecule has 2 rings (SSSR count). The van der Waals surface area contributed by atoms with Crippen LogP contribution in [0.25, 0.3) is 5.65 Å². The molecule has 0 spiro atoms. The van der Waals surface area contributed by atoms with E-state index in [1.807, 2.05) is 35.9 Å². The van der Waals surface area contributed by atoms with Crippen LogP contribution in [0.1, 0.15) is 5.69 Å². The van der Waals surface area contributed by atoms with Crippen LogP contribution in [-0.4, -0.2) is 9.38 Å². The van der Waals surface area contributed by atoms with Gasteiger partial charge in [0.05, 0.1) is 0 Å².